The van der Waals surface area contributed by atoms with Crippen LogP contribution < -0.4 is 14.2 Å². The molecule has 2 N–H and O–H groups in total. The largest absolute Gasteiger partial charge is 0.508 e. The first-order chi connectivity index (χ1) is 10.2. The predicted molar refractivity (Wildman–Crippen MR) is 76.0 cm³/mol. The molecule has 2 aromatic rings. The number of hydrogen-bond acceptors (Lipinski definition) is 5. The first-order valence-electron chi connectivity index (χ1n) is 6.62. The summed E-state index contributed by atoms with van der Waals surface area (Å²) < 4.78 is 16.4. The van der Waals surface area contributed by atoms with E-state index in [1.165, 1.54) is 12.1 Å². The van der Waals surface area contributed by atoms with E-state index in [4.69, 9.17) is 14.2 Å². The Kier molecular flexibility index (Phi) is 3.58. The Labute approximate surface area is 122 Å². The molecule has 2 aromatic carbocycles. The van der Waals surface area contributed by atoms with E-state index in [9.17, 15) is 10.2 Å². The molecule has 0 saturated heterocycles. The van der Waals surface area contributed by atoms with Crippen molar-refractivity contribution in [2.75, 3.05) is 13.7 Å². The summed E-state index contributed by atoms with van der Waals surface area (Å²) in [6.07, 6.45) is -1.39. The van der Waals surface area contributed by atoms with Crippen LogP contribution in [0.1, 0.15) is 11.7 Å². The van der Waals surface area contributed by atoms with Crippen molar-refractivity contribution in [1.82, 2.24) is 0 Å². The average Bonchev–Trinajstić information content (AvgIpc) is 2.51. The molecule has 2 atom stereocenters. The summed E-state index contributed by atoms with van der Waals surface area (Å²) in [5.41, 5.74) is 0.528. The van der Waals surface area contributed by atoms with Crippen molar-refractivity contribution in [1.29, 1.82) is 0 Å². The number of hydrogen-bond donors (Lipinski definition) is 2. The number of phenols is 1. The number of methoxy groups -OCH3 is 1. The van der Waals surface area contributed by atoms with Crippen molar-refractivity contribution < 1.29 is 24.4 Å². The minimum Gasteiger partial charge on any atom is -0.508 e. The summed E-state index contributed by atoms with van der Waals surface area (Å²) in [6.45, 7) is 0.241. The van der Waals surface area contributed by atoms with Crippen molar-refractivity contribution >= 4 is 0 Å². The van der Waals surface area contributed by atoms with Crippen LogP contribution in [0.4, 0.5) is 0 Å². The molecule has 0 unspecified atom stereocenters. The van der Waals surface area contributed by atoms with E-state index in [1.807, 2.05) is 0 Å². The van der Waals surface area contributed by atoms with Crippen molar-refractivity contribution in [2.24, 2.45) is 0 Å². The molecule has 5 heteroatoms. The molecule has 110 valence electrons. The summed E-state index contributed by atoms with van der Waals surface area (Å²) in [6, 6.07) is 11.8. The zero-order valence-electron chi connectivity index (χ0n) is 11.5. The lowest BCUT2D eigenvalue weighted by molar-refractivity contribution is -0.0104. The standard InChI is InChI=1S/C16H16O5/c1-19-11-3-5-12(6-4-11)21-15-9-20-14-7-2-10(17)8-13(14)16(15)18/h2-8,15-18H,9H2,1H3/t15-,16+/m1/s1. The minimum absolute atomic E-state index is 0.0847. The van der Waals surface area contributed by atoms with Gasteiger partial charge in [0, 0.05) is 5.56 Å². The van der Waals surface area contributed by atoms with E-state index in [0.717, 1.165) is 5.75 Å². The molecule has 1 heterocycles. The van der Waals surface area contributed by atoms with Crippen molar-refractivity contribution in [2.45, 2.75) is 12.2 Å². The highest BCUT2D eigenvalue weighted by molar-refractivity contribution is 5.43. The first-order valence-corrected chi connectivity index (χ1v) is 6.62. The second-order valence-electron chi connectivity index (χ2n) is 4.81. The van der Waals surface area contributed by atoms with Gasteiger partial charge in [0.15, 0.2) is 6.10 Å². The number of ether oxygens (including phenoxy) is 3. The average molecular weight is 288 g/mol. The molecular formula is C16H16O5. The third kappa shape index (κ3) is 2.73. The highest BCUT2D eigenvalue weighted by Crippen LogP contribution is 2.36. The summed E-state index contributed by atoms with van der Waals surface area (Å²) in [4.78, 5) is 0. The molecule has 1 aliphatic rings. The van der Waals surface area contributed by atoms with Crippen LogP contribution in [0.15, 0.2) is 42.5 Å². The third-order valence-electron chi connectivity index (χ3n) is 3.41. The van der Waals surface area contributed by atoms with Gasteiger partial charge in [-0.25, -0.2) is 0 Å². The van der Waals surface area contributed by atoms with Crippen LogP contribution in [0, 0.1) is 0 Å². The summed E-state index contributed by atoms with van der Waals surface area (Å²) in [7, 11) is 1.60. The molecule has 1 aliphatic heterocycles. The van der Waals surface area contributed by atoms with Crippen LogP contribution in [0.25, 0.3) is 0 Å². The highest BCUT2D eigenvalue weighted by atomic mass is 16.5. The van der Waals surface area contributed by atoms with Gasteiger partial charge in [0.2, 0.25) is 0 Å². The van der Waals surface area contributed by atoms with Crippen molar-refractivity contribution in [3.05, 3.63) is 48.0 Å². The molecule has 3 rings (SSSR count). The SMILES string of the molecule is COc1ccc(O[C@@H]2COc3ccc(O)cc3[C@@H]2O)cc1. The van der Waals surface area contributed by atoms with Gasteiger partial charge in [0.05, 0.1) is 7.11 Å². The van der Waals surface area contributed by atoms with Crippen molar-refractivity contribution in [3.63, 3.8) is 0 Å². The minimum atomic E-state index is -0.858. The Morgan fingerprint density at radius 3 is 2.52 bits per heavy atom. The van der Waals surface area contributed by atoms with Gasteiger partial charge in [0.1, 0.15) is 35.7 Å². The summed E-state index contributed by atoms with van der Waals surface area (Å²) in [5.74, 6) is 2.00. The lowest BCUT2D eigenvalue weighted by Gasteiger charge is -2.30. The van der Waals surface area contributed by atoms with Crippen LogP contribution in [-0.4, -0.2) is 30.0 Å². The van der Waals surface area contributed by atoms with Crippen LogP contribution in [0.3, 0.4) is 0 Å². The smallest absolute Gasteiger partial charge is 0.163 e. The number of fused-ring (bicyclic) bond motifs is 1. The molecule has 5 nitrogen and oxygen atoms in total. The third-order valence-corrected chi connectivity index (χ3v) is 3.41. The van der Waals surface area contributed by atoms with E-state index in [0.29, 0.717) is 17.1 Å². The number of aromatic hydroxyl groups is 1. The number of rotatable bonds is 3. The fourth-order valence-corrected chi connectivity index (χ4v) is 2.29. The highest BCUT2D eigenvalue weighted by Gasteiger charge is 2.31. The van der Waals surface area contributed by atoms with Gasteiger partial charge < -0.3 is 24.4 Å². The van der Waals surface area contributed by atoms with E-state index in [1.54, 1.807) is 37.4 Å². The number of aliphatic hydroxyl groups is 1. The maximum Gasteiger partial charge on any atom is 0.163 e. The molecule has 0 saturated carbocycles. The Bertz CT molecular complexity index is 623. The van der Waals surface area contributed by atoms with Gasteiger partial charge in [0.25, 0.3) is 0 Å². The molecule has 0 bridgehead atoms. The second kappa shape index (κ2) is 5.54. The lowest BCUT2D eigenvalue weighted by Crippen LogP contribution is -2.35. The number of aliphatic hydroxyl groups excluding tert-OH is 1. The van der Waals surface area contributed by atoms with Gasteiger partial charge in [-0.05, 0) is 42.5 Å². The predicted octanol–water partition coefficient (Wildman–Crippen LogP) is 2.27. The maximum absolute atomic E-state index is 10.4. The molecule has 0 aromatic heterocycles. The van der Waals surface area contributed by atoms with Gasteiger partial charge in [-0.15, -0.1) is 0 Å². The molecule has 0 fully saturated rings. The van der Waals surface area contributed by atoms with Crippen LogP contribution in [0.2, 0.25) is 0 Å². The molecule has 0 aliphatic carbocycles. The Morgan fingerprint density at radius 1 is 1.10 bits per heavy atom. The van der Waals surface area contributed by atoms with Gasteiger partial charge in [-0.3, -0.25) is 0 Å². The molecule has 0 radical (unpaired) electrons. The summed E-state index contributed by atoms with van der Waals surface area (Å²) >= 11 is 0. The Morgan fingerprint density at radius 2 is 1.81 bits per heavy atom. The van der Waals surface area contributed by atoms with E-state index >= 15 is 0 Å². The van der Waals surface area contributed by atoms with E-state index in [2.05, 4.69) is 0 Å². The first kappa shape index (κ1) is 13.6. The Balaban J connectivity index is 1.77. The lowest BCUT2D eigenvalue weighted by atomic mass is 10.0. The second-order valence-corrected chi connectivity index (χ2v) is 4.81. The normalized spacial score (nSPS) is 20.3. The van der Waals surface area contributed by atoms with Crippen molar-refractivity contribution in [3.8, 4) is 23.0 Å². The zero-order chi connectivity index (χ0) is 14.8. The fraction of sp³-hybridized carbons (Fsp3) is 0.250. The fourth-order valence-electron chi connectivity index (χ4n) is 2.29. The maximum atomic E-state index is 10.4. The van der Waals surface area contributed by atoms with Gasteiger partial charge in [-0.1, -0.05) is 0 Å². The molecule has 0 amide bonds. The molecule has 21 heavy (non-hydrogen) atoms. The number of phenolic OH excluding ortho intramolecular Hbond substituents is 1. The number of benzene rings is 2. The van der Waals surface area contributed by atoms with E-state index in [-0.39, 0.29) is 12.4 Å². The zero-order valence-corrected chi connectivity index (χ0v) is 11.5. The topological polar surface area (TPSA) is 68.2 Å². The molecular weight excluding hydrogens is 272 g/mol. The summed E-state index contributed by atoms with van der Waals surface area (Å²) in [5, 5.41) is 19.9. The monoisotopic (exact) mass is 288 g/mol. The van der Waals surface area contributed by atoms with E-state index < -0.39 is 12.2 Å². The molecule has 0 spiro atoms. The van der Waals surface area contributed by atoms with Crippen LogP contribution in [0.5, 0.6) is 23.0 Å². The van der Waals surface area contributed by atoms with Gasteiger partial charge in [-0.2, -0.15) is 0 Å². The quantitative estimate of drug-likeness (QED) is 0.907. The van der Waals surface area contributed by atoms with Gasteiger partial charge >= 0.3 is 0 Å². The van der Waals surface area contributed by atoms with Crippen LogP contribution in [-0.2, 0) is 0 Å². The Hall–Kier alpha value is -2.40. The van der Waals surface area contributed by atoms with Crippen LogP contribution >= 0.6 is 0 Å².